The van der Waals surface area contributed by atoms with Crippen LogP contribution in [0.4, 0.5) is 0 Å². The third-order valence-electron chi connectivity index (χ3n) is 4.02. The highest BCUT2D eigenvalue weighted by Crippen LogP contribution is 2.31. The zero-order valence-corrected chi connectivity index (χ0v) is 15.4. The Labute approximate surface area is 152 Å². The van der Waals surface area contributed by atoms with Gasteiger partial charge in [-0.3, -0.25) is 0 Å². The number of nitrogens with zero attached hydrogens (tertiary/aromatic N) is 2. The second kappa shape index (κ2) is 7.91. The molecule has 0 saturated carbocycles. The van der Waals surface area contributed by atoms with Crippen LogP contribution in [0.2, 0.25) is 0 Å². The summed E-state index contributed by atoms with van der Waals surface area (Å²) in [5.41, 5.74) is 2.05. The Bertz CT molecular complexity index is 857. The number of ether oxygens (including phenoxy) is 3. The highest BCUT2D eigenvalue weighted by molar-refractivity contribution is 5.60. The molecule has 3 rings (SSSR count). The van der Waals surface area contributed by atoms with E-state index in [4.69, 9.17) is 18.7 Å². The number of aromatic nitrogens is 2. The van der Waals surface area contributed by atoms with Gasteiger partial charge in [0.05, 0.1) is 14.2 Å². The quantitative estimate of drug-likeness (QED) is 0.624. The Morgan fingerprint density at radius 1 is 0.962 bits per heavy atom. The van der Waals surface area contributed by atoms with E-state index >= 15 is 0 Å². The van der Waals surface area contributed by atoms with Gasteiger partial charge in [0.25, 0.3) is 5.89 Å². The van der Waals surface area contributed by atoms with Crippen LogP contribution in [-0.2, 0) is 6.61 Å². The van der Waals surface area contributed by atoms with Gasteiger partial charge in [-0.25, -0.2) is 0 Å². The van der Waals surface area contributed by atoms with Crippen LogP contribution in [0.5, 0.6) is 17.2 Å². The molecule has 0 spiro atoms. The predicted octanol–water partition coefficient (Wildman–Crippen LogP) is 4.46. The van der Waals surface area contributed by atoms with Gasteiger partial charge in [-0.15, -0.1) is 0 Å². The number of hydrogen-bond donors (Lipinski definition) is 0. The molecule has 0 saturated heterocycles. The van der Waals surface area contributed by atoms with Gasteiger partial charge in [0.2, 0.25) is 5.82 Å². The molecule has 2 aromatic carbocycles. The van der Waals surface area contributed by atoms with Gasteiger partial charge in [0, 0.05) is 5.56 Å². The lowest BCUT2D eigenvalue weighted by molar-refractivity contribution is 0.243. The first-order chi connectivity index (χ1) is 12.6. The minimum Gasteiger partial charge on any atom is -0.493 e. The van der Waals surface area contributed by atoms with Crippen LogP contribution in [0.25, 0.3) is 11.4 Å². The van der Waals surface area contributed by atoms with Crippen LogP contribution < -0.4 is 14.2 Å². The van der Waals surface area contributed by atoms with E-state index in [1.54, 1.807) is 26.4 Å². The summed E-state index contributed by atoms with van der Waals surface area (Å²) >= 11 is 0. The summed E-state index contributed by atoms with van der Waals surface area (Å²) in [6.07, 6.45) is 0. The largest absolute Gasteiger partial charge is 0.493 e. The molecule has 6 nitrogen and oxygen atoms in total. The number of rotatable bonds is 7. The van der Waals surface area contributed by atoms with Gasteiger partial charge in [0.1, 0.15) is 5.75 Å². The van der Waals surface area contributed by atoms with Crippen molar-refractivity contribution in [1.29, 1.82) is 0 Å². The molecule has 0 bridgehead atoms. The molecule has 3 aromatic rings. The maximum absolute atomic E-state index is 5.72. The summed E-state index contributed by atoms with van der Waals surface area (Å²) in [5, 5.41) is 4.00. The standard InChI is InChI=1S/C20H22N2O4/c1-13(2)14-5-8-16(9-6-14)25-12-19-21-20(22-26-19)15-7-10-17(23-3)18(11-15)24-4/h5-11,13H,12H2,1-4H3. The zero-order chi connectivity index (χ0) is 18.5. The molecule has 0 amide bonds. The van der Waals surface area contributed by atoms with Gasteiger partial charge in [0.15, 0.2) is 18.1 Å². The maximum atomic E-state index is 5.72. The molecular formula is C20H22N2O4. The van der Waals surface area contributed by atoms with Crippen LogP contribution in [0, 0.1) is 0 Å². The lowest BCUT2D eigenvalue weighted by Crippen LogP contribution is -1.96. The molecule has 0 unspecified atom stereocenters. The smallest absolute Gasteiger partial charge is 0.264 e. The Balaban J connectivity index is 1.68. The van der Waals surface area contributed by atoms with Crippen LogP contribution >= 0.6 is 0 Å². The van der Waals surface area contributed by atoms with Gasteiger partial charge in [-0.05, 0) is 41.8 Å². The topological polar surface area (TPSA) is 66.6 Å². The van der Waals surface area contributed by atoms with Gasteiger partial charge in [-0.1, -0.05) is 31.1 Å². The van der Waals surface area contributed by atoms with Crippen molar-refractivity contribution in [3.05, 3.63) is 53.9 Å². The average Bonchev–Trinajstić information content (AvgIpc) is 3.15. The second-order valence-electron chi connectivity index (χ2n) is 6.09. The summed E-state index contributed by atoms with van der Waals surface area (Å²) in [6.45, 7) is 4.52. The third-order valence-corrected chi connectivity index (χ3v) is 4.02. The molecule has 1 heterocycles. The van der Waals surface area contributed by atoms with Crippen molar-refractivity contribution < 1.29 is 18.7 Å². The lowest BCUT2D eigenvalue weighted by atomic mass is 10.0. The molecule has 26 heavy (non-hydrogen) atoms. The summed E-state index contributed by atoms with van der Waals surface area (Å²) in [7, 11) is 3.18. The first kappa shape index (κ1) is 17.8. The fourth-order valence-corrected chi connectivity index (χ4v) is 2.50. The Hall–Kier alpha value is -3.02. The summed E-state index contributed by atoms with van der Waals surface area (Å²) in [4.78, 5) is 4.37. The molecule has 0 atom stereocenters. The molecule has 0 radical (unpaired) electrons. The maximum Gasteiger partial charge on any atom is 0.264 e. The zero-order valence-electron chi connectivity index (χ0n) is 15.4. The van der Waals surface area contributed by atoms with Crippen molar-refractivity contribution in [2.45, 2.75) is 26.4 Å². The number of hydrogen-bond acceptors (Lipinski definition) is 6. The second-order valence-corrected chi connectivity index (χ2v) is 6.09. The average molecular weight is 354 g/mol. The third kappa shape index (κ3) is 3.96. The monoisotopic (exact) mass is 354 g/mol. The van der Waals surface area contributed by atoms with E-state index in [2.05, 4.69) is 36.1 Å². The highest BCUT2D eigenvalue weighted by atomic mass is 16.5. The fraction of sp³-hybridized carbons (Fsp3) is 0.300. The van der Waals surface area contributed by atoms with E-state index in [-0.39, 0.29) is 6.61 Å². The molecule has 0 aliphatic carbocycles. The molecule has 0 aliphatic heterocycles. The van der Waals surface area contributed by atoms with E-state index < -0.39 is 0 Å². The van der Waals surface area contributed by atoms with E-state index in [9.17, 15) is 0 Å². The highest BCUT2D eigenvalue weighted by Gasteiger charge is 2.12. The fourth-order valence-electron chi connectivity index (χ4n) is 2.50. The van der Waals surface area contributed by atoms with Gasteiger partial charge >= 0.3 is 0 Å². The van der Waals surface area contributed by atoms with Crippen LogP contribution in [-0.4, -0.2) is 24.4 Å². The minimum atomic E-state index is 0.210. The van der Waals surface area contributed by atoms with Crippen LogP contribution in [0.3, 0.4) is 0 Å². The molecular weight excluding hydrogens is 332 g/mol. The number of benzene rings is 2. The molecule has 0 N–H and O–H groups in total. The van der Waals surface area contributed by atoms with E-state index in [0.717, 1.165) is 11.3 Å². The van der Waals surface area contributed by atoms with Crippen molar-refractivity contribution in [3.8, 4) is 28.6 Å². The SMILES string of the molecule is COc1ccc(-c2noc(COc3ccc(C(C)C)cc3)n2)cc1OC. The van der Waals surface area contributed by atoms with Crippen LogP contribution in [0.1, 0.15) is 31.2 Å². The Kier molecular flexibility index (Phi) is 5.41. The Morgan fingerprint density at radius 3 is 2.35 bits per heavy atom. The molecule has 6 heteroatoms. The van der Waals surface area contributed by atoms with E-state index in [1.165, 1.54) is 5.56 Å². The Morgan fingerprint density at radius 2 is 1.69 bits per heavy atom. The van der Waals surface area contributed by atoms with Gasteiger partial charge < -0.3 is 18.7 Å². The van der Waals surface area contributed by atoms with Crippen molar-refractivity contribution >= 4 is 0 Å². The first-order valence-corrected chi connectivity index (χ1v) is 8.38. The lowest BCUT2D eigenvalue weighted by Gasteiger charge is -2.07. The molecule has 0 aliphatic rings. The minimum absolute atomic E-state index is 0.210. The summed E-state index contributed by atoms with van der Waals surface area (Å²) in [6, 6.07) is 13.5. The molecule has 136 valence electrons. The predicted molar refractivity (Wildman–Crippen MR) is 97.7 cm³/mol. The normalized spacial score (nSPS) is 10.8. The molecule has 1 aromatic heterocycles. The summed E-state index contributed by atoms with van der Waals surface area (Å²) < 4.78 is 21.5. The van der Waals surface area contributed by atoms with E-state index in [0.29, 0.717) is 29.1 Å². The van der Waals surface area contributed by atoms with Crippen molar-refractivity contribution in [1.82, 2.24) is 10.1 Å². The first-order valence-electron chi connectivity index (χ1n) is 8.38. The van der Waals surface area contributed by atoms with Gasteiger partial charge in [-0.2, -0.15) is 4.98 Å². The van der Waals surface area contributed by atoms with Crippen LogP contribution in [0.15, 0.2) is 47.0 Å². The van der Waals surface area contributed by atoms with Crippen molar-refractivity contribution in [2.24, 2.45) is 0 Å². The van der Waals surface area contributed by atoms with Crippen molar-refractivity contribution in [2.75, 3.05) is 14.2 Å². The van der Waals surface area contributed by atoms with Crippen molar-refractivity contribution in [3.63, 3.8) is 0 Å². The summed E-state index contributed by atoms with van der Waals surface area (Å²) in [5.74, 6) is 3.39. The molecule has 0 fully saturated rings. The number of methoxy groups -OCH3 is 2. The van der Waals surface area contributed by atoms with E-state index in [1.807, 2.05) is 18.2 Å².